The van der Waals surface area contributed by atoms with Gasteiger partial charge in [0.05, 0.1) is 5.92 Å². The van der Waals surface area contributed by atoms with E-state index in [0.29, 0.717) is 24.4 Å². The van der Waals surface area contributed by atoms with E-state index in [1.54, 1.807) is 18.5 Å². The van der Waals surface area contributed by atoms with Crippen LogP contribution in [0, 0.1) is 11.8 Å². The second-order valence-corrected chi connectivity index (χ2v) is 6.53. The van der Waals surface area contributed by atoms with Crippen LogP contribution in [-0.2, 0) is 11.2 Å². The molecular weight excluding hydrogens is 306 g/mol. The Hall–Kier alpha value is -2.51. The Bertz CT molecular complexity index is 670. The average molecular weight is 329 g/mol. The van der Waals surface area contributed by atoms with Gasteiger partial charge in [0.1, 0.15) is 5.82 Å². The van der Waals surface area contributed by atoms with Crippen LogP contribution in [-0.4, -0.2) is 44.1 Å². The van der Waals surface area contributed by atoms with Crippen molar-refractivity contribution in [1.82, 2.24) is 25.1 Å². The number of aromatic amines is 1. The molecule has 1 amide bonds. The average Bonchev–Trinajstić information content (AvgIpc) is 3.02. The third-order valence-corrected chi connectivity index (χ3v) is 4.00. The molecular formula is C16H23N7O. The summed E-state index contributed by atoms with van der Waals surface area (Å²) in [4.78, 5) is 27.4. The molecule has 3 heterocycles. The zero-order valence-electron chi connectivity index (χ0n) is 14.1. The van der Waals surface area contributed by atoms with Crippen LogP contribution >= 0.6 is 0 Å². The number of hydrogen-bond donors (Lipinski definition) is 2. The fourth-order valence-corrected chi connectivity index (χ4v) is 2.87. The highest BCUT2D eigenvalue weighted by molar-refractivity contribution is 5.91. The number of rotatable bonds is 5. The lowest BCUT2D eigenvalue weighted by atomic mass is 9.97. The minimum Gasteiger partial charge on any atom is -0.340 e. The number of nitrogens with one attached hydrogen (secondary N) is 2. The molecule has 24 heavy (non-hydrogen) atoms. The van der Waals surface area contributed by atoms with Crippen molar-refractivity contribution in [3.63, 3.8) is 0 Å². The second kappa shape index (κ2) is 7.37. The lowest BCUT2D eigenvalue weighted by Gasteiger charge is -2.31. The van der Waals surface area contributed by atoms with Crippen LogP contribution in [0.3, 0.4) is 0 Å². The highest BCUT2D eigenvalue weighted by Crippen LogP contribution is 2.21. The first kappa shape index (κ1) is 16.4. The van der Waals surface area contributed by atoms with E-state index in [1.807, 2.05) is 0 Å². The monoisotopic (exact) mass is 329 g/mol. The molecule has 0 aromatic carbocycles. The number of carbonyl (C=O) groups excluding carboxylic acids is 1. The molecule has 2 N–H and O–H groups in total. The summed E-state index contributed by atoms with van der Waals surface area (Å²) in [7, 11) is 0. The molecule has 8 heteroatoms. The fourth-order valence-electron chi connectivity index (χ4n) is 2.87. The lowest BCUT2D eigenvalue weighted by Crippen LogP contribution is -2.41. The maximum Gasteiger partial charge on any atom is 0.248 e. The van der Waals surface area contributed by atoms with Gasteiger partial charge in [-0.15, -0.1) is 5.10 Å². The number of carbonyl (C=O) groups is 1. The van der Waals surface area contributed by atoms with Gasteiger partial charge in [-0.05, 0) is 24.8 Å². The zero-order valence-corrected chi connectivity index (χ0v) is 14.1. The standard InChI is InChI=1S/C16H23N7O/c1-11(2)9-13-19-15(22-21-13)20-14(24)12-5-3-8-23(10-12)16-17-6-4-7-18-16/h4,6-7,11-12H,3,5,8-10H2,1-2H3,(H2,19,20,21,22,24)/t12-/m1/s1. The van der Waals surface area contributed by atoms with Crippen molar-refractivity contribution in [3.8, 4) is 0 Å². The Balaban J connectivity index is 1.59. The number of aromatic nitrogens is 5. The SMILES string of the molecule is CC(C)Cc1nc(NC(=O)[C@@H]2CCCN(c3ncccn3)C2)n[nH]1. The number of H-pyrrole nitrogens is 1. The first-order valence-corrected chi connectivity index (χ1v) is 8.36. The molecule has 1 atom stereocenters. The Morgan fingerprint density at radius 3 is 2.96 bits per heavy atom. The topological polar surface area (TPSA) is 99.7 Å². The molecule has 1 aliphatic rings. The molecule has 0 bridgehead atoms. The Kier molecular flexibility index (Phi) is 5.02. The molecule has 128 valence electrons. The smallest absolute Gasteiger partial charge is 0.248 e. The van der Waals surface area contributed by atoms with Crippen molar-refractivity contribution >= 4 is 17.8 Å². The summed E-state index contributed by atoms with van der Waals surface area (Å²) in [5.41, 5.74) is 0. The van der Waals surface area contributed by atoms with Crippen molar-refractivity contribution in [1.29, 1.82) is 0 Å². The molecule has 0 aliphatic carbocycles. The molecule has 1 saturated heterocycles. The van der Waals surface area contributed by atoms with Gasteiger partial charge < -0.3 is 4.90 Å². The molecule has 0 unspecified atom stereocenters. The Morgan fingerprint density at radius 1 is 1.42 bits per heavy atom. The Labute approximate surface area is 141 Å². The van der Waals surface area contributed by atoms with E-state index >= 15 is 0 Å². The van der Waals surface area contributed by atoms with Gasteiger partial charge in [0.15, 0.2) is 0 Å². The molecule has 3 rings (SSSR count). The fraction of sp³-hybridized carbons (Fsp3) is 0.562. The van der Waals surface area contributed by atoms with E-state index in [4.69, 9.17) is 0 Å². The highest BCUT2D eigenvalue weighted by atomic mass is 16.2. The predicted molar refractivity (Wildman–Crippen MR) is 90.5 cm³/mol. The van der Waals surface area contributed by atoms with Gasteiger partial charge in [-0.25, -0.2) is 9.97 Å². The normalized spacial score (nSPS) is 18.0. The van der Waals surface area contributed by atoms with E-state index in [0.717, 1.165) is 31.6 Å². The van der Waals surface area contributed by atoms with Crippen LogP contribution in [0.4, 0.5) is 11.9 Å². The molecule has 0 radical (unpaired) electrons. The summed E-state index contributed by atoms with van der Waals surface area (Å²) < 4.78 is 0. The molecule has 2 aromatic rings. The van der Waals surface area contributed by atoms with Crippen molar-refractivity contribution < 1.29 is 4.79 Å². The van der Waals surface area contributed by atoms with Crippen LogP contribution in [0.5, 0.6) is 0 Å². The van der Waals surface area contributed by atoms with Crippen molar-refractivity contribution in [2.75, 3.05) is 23.3 Å². The van der Waals surface area contributed by atoms with E-state index in [2.05, 4.69) is 49.2 Å². The summed E-state index contributed by atoms with van der Waals surface area (Å²) >= 11 is 0. The Morgan fingerprint density at radius 2 is 2.21 bits per heavy atom. The summed E-state index contributed by atoms with van der Waals surface area (Å²) in [6.45, 7) is 5.71. The largest absolute Gasteiger partial charge is 0.340 e. The third-order valence-electron chi connectivity index (χ3n) is 4.00. The van der Waals surface area contributed by atoms with Crippen molar-refractivity contribution in [2.45, 2.75) is 33.1 Å². The minimum atomic E-state index is -0.116. The molecule has 8 nitrogen and oxygen atoms in total. The van der Waals surface area contributed by atoms with Crippen LogP contribution in [0.25, 0.3) is 0 Å². The zero-order chi connectivity index (χ0) is 16.9. The maximum atomic E-state index is 12.5. The maximum absolute atomic E-state index is 12.5. The van der Waals surface area contributed by atoms with Gasteiger partial charge >= 0.3 is 0 Å². The number of amides is 1. The van der Waals surface area contributed by atoms with E-state index in [1.165, 1.54) is 0 Å². The van der Waals surface area contributed by atoms with E-state index in [-0.39, 0.29) is 11.8 Å². The molecule has 1 fully saturated rings. The van der Waals surface area contributed by atoms with Gasteiger partial charge in [0, 0.05) is 31.9 Å². The van der Waals surface area contributed by atoms with Gasteiger partial charge in [0.2, 0.25) is 17.8 Å². The van der Waals surface area contributed by atoms with Crippen LogP contribution < -0.4 is 10.2 Å². The molecule has 0 saturated carbocycles. The minimum absolute atomic E-state index is 0.0503. The van der Waals surface area contributed by atoms with E-state index in [9.17, 15) is 4.79 Å². The molecule has 2 aromatic heterocycles. The van der Waals surface area contributed by atoms with Crippen LogP contribution in [0.1, 0.15) is 32.5 Å². The molecule has 1 aliphatic heterocycles. The quantitative estimate of drug-likeness (QED) is 0.865. The second-order valence-electron chi connectivity index (χ2n) is 6.53. The number of hydrogen-bond acceptors (Lipinski definition) is 6. The van der Waals surface area contributed by atoms with Gasteiger partial charge in [-0.1, -0.05) is 13.8 Å². The lowest BCUT2D eigenvalue weighted by molar-refractivity contribution is -0.120. The van der Waals surface area contributed by atoms with E-state index < -0.39 is 0 Å². The predicted octanol–water partition coefficient (Wildman–Crippen LogP) is 1.65. The summed E-state index contributed by atoms with van der Waals surface area (Å²) in [6, 6.07) is 1.79. The first-order chi connectivity index (χ1) is 11.6. The molecule has 0 spiro atoms. The summed E-state index contributed by atoms with van der Waals surface area (Å²) in [5, 5.41) is 9.77. The summed E-state index contributed by atoms with van der Waals surface area (Å²) in [6.07, 6.45) is 6.03. The van der Waals surface area contributed by atoms with Gasteiger partial charge in [-0.3, -0.25) is 15.2 Å². The highest BCUT2D eigenvalue weighted by Gasteiger charge is 2.27. The van der Waals surface area contributed by atoms with Gasteiger partial charge in [-0.2, -0.15) is 4.98 Å². The third kappa shape index (κ3) is 4.06. The van der Waals surface area contributed by atoms with Crippen LogP contribution in [0.15, 0.2) is 18.5 Å². The van der Waals surface area contributed by atoms with Gasteiger partial charge in [0.25, 0.3) is 0 Å². The number of piperidine rings is 1. The number of anilines is 2. The van der Waals surface area contributed by atoms with Crippen LogP contribution in [0.2, 0.25) is 0 Å². The first-order valence-electron chi connectivity index (χ1n) is 8.36. The van der Waals surface area contributed by atoms with Crippen molar-refractivity contribution in [2.24, 2.45) is 11.8 Å². The number of nitrogens with zero attached hydrogens (tertiary/aromatic N) is 5. The van der Waals surface area contributed by atoms with Crippen molar-refractivity contribution in [3.05, 3.63) is 24.3 Å². The summed E-state index contributed by atoms with van der Waals surface area (Å²) in [5.74, 6) is 2.14.